The molecule has 2 aromatic heterocycles. The number of pyridine rings is 2. The van der Waals surface area contributed by atoms with Gasteiger partial charge in [-0.15, -0.1) is 0 Å². The fourth-order valence-electron chi connectivity index (χ4n) is 2.33. The molecule has 0 amide bonds. The first kappa shape index (κ1) is 20.0. The fraction of sp³-hybridized carbons (Fsp3) is 0.421. The molecule has 2 rings (SSSR count). The number of hydrogen-bond acceptors (Lipinski definition) is 4. The summed E-state index contributed by atoms with van der Waals surface area (Å²) in [5, 5.41) is 10.5. The van der Waals surface area contributed by atoms with Crippen molar-refractivity contribution in [3.05, 3.63) is 53.4 Å². The van der Waals surface area contributed by atoms with E-state index in [1.807, 2.05) is 36.5 Å². The summed E-state index contributed by atoms with van der Waals surface area (Å²) in [6.07, 6.45) is 6.56. The third-order valence-electron chi connectivity index (χ3n) is 3.66. The Kier molecular flexibility index (Phi) is 9.29. The van der Waals surface area contributed by atoms with Gasteiger partial charge in [-0.1, -0.05) is 23.7 Å². The van der Waals surface area contributed by atoms with Crippen molar-refractivity contribution >= 4 is 23.4 Å². The van der Waals surface area contributed by atoms with Crippen molar-refractivity contribution in [3.63, 3.8) is 0 Å². The Morgan fingerprint density at radius 2 is 2.00 bits per heavy atom. The van der Waals surface area contributed by atoms with Gasteiger partial charge in [0.1, 0.15) is 11.0 Å². The quantitative estimate of drug-likeness (QED) is 0.258. The third-order valence-corrected chi connectivity index (χ3v) is 3.89. The van der Waals surface area contributed by atoms with Gasteiger partial charge in [-0.25, -0.2) is 9.97 Å². The molecule has 26 heavy (non-hydrogen) atoms. The van der Waals surface area contributed by atoms with Gasteiger partial charge < -0.3 is 16.0 Å². The molecule has 0 bridgehead atoms. The van der Waals surface area contributed by atoms with Gasteiger partial charge in [0.15, 0.2) is 5.96 Å². The van der Waals surface area contributed by atoms with Crippen LogP contribution in [0.25, 0.3) is 0 Å². The van der Waals surface area contributed by atoms with Crippen LogP contribution in [0.3, 0.4) is 0 Å². The molecule has 0 aromatic carbocycles. The number of aliphatic imine (C=N–C) groups is 1. The van der Waals surface area contributed by atoms with Crippen LogP contribution >= 0.6 is 11.6 Å². The average Bonchev–Trinajstić information content (AvgIpc) is 2.67. The monoisotopic (exact) mass is 374 g/mol. The van der Waals surface area contributed by atoms with Crippen molar-refractivity contribution in [1.29, 1.82) is 0 Å². The zero-order valence-electron chi connectivity index (χ0n) is 15.2. The molecule has 2 aromatic rings. The van der Waals surface area contributed by atoms with Crippen molar-refractivity contribution in [1.82, 2.24) is 20.6 Å². The molecule has 7 heteroatoms. The predicted molar refractivity (Wildman–Crippen MR) is 109 cm³/mol. The van der Waals surface area contributed by atoms with Gasteiger partial charge >= 0.3 is 0 Å². The van der Waals surface area contributed by atoms with Gasteiger partial charge in [0.25, 0.3) is 0 Å². The topological polar surface area (TPSA) is 74.2 Å². The Bertz CT molecular complexity index is 645. The minimum atomic E-state index is 0.522. The van der Waals surface area contributed by atoms with Gasteiger partial charge in [-0.3, -0.25) is 4.99 Å². The van der Waals surface area contributed by atoms with E-state index in [1.54, 1.807) is 6.20 Å². The van der Waals surface area contributed by atoms with E-state index >= 15 is 0 Å². The highest BCUT2D eigenvalue weighted by Crippen LogP contribution is 2.05. The van der Waals surface area contributed by atoms with Crippen LogP contribution in [-0.4, -0.2) is 42.1 Å². The standard InChI is InChI=1S/C19H27ClN6/c1-2-21-19(25-14-10-16-8-9-17(20)26-15-16)24-13-6-5-12-23-18-7-3-4-11-22-18/h3-4,7-9,11,15H,2,5-6,10,12-14H2,1H3,(H,22,23)(H2,21,24,25). The van der Waals surface area contributed by atoms with E-state index in [4.69, 9.17) is 11.6 Å². The zero-order valence-corrected chi connectivity index (χ0v) is 16.0. The highest BCUT2D eigenvalue weighted by atomic mass is 35.5. The Morgan fingerprint density at radius 3 is 2.73 bits per heavy atom. The Labute approximate surface area is 160 Å². The molecular formula is C19H27ClN6. The van der Waals surface area contributed by atoms with E-state index in [1.165, 1.54) is 0 Å². The summed E-state index contributed by atoms with van der Waals surface area (Å²) < 4.78 is 0. The number of hydrogen-bond donors (Lipinski definition) is 3. The number of halogens is 1. The molecule has 2 heterocycles. The molecule has 6 nitrogen and oxygen atoms in total. The molecular weight excluding hydrogens is 348 g/mol. The predicted octanol–water partition coefficient (Wildman–Crippen LogP) is 3.12. The second-order valence-electron chi connectivity index (χ2n) is 5.78. The minimum absolute atomic E-state index is 0.522. The van der Waals surface area contributed by atoms with E-state index in [-0.39, 0.29) is 0 Å². The summed E-state index contributed by atoms with van der Waals surface area (Å²) in [5.74, 6) is 1.77. The summed E-state index contributed by atoms with van der Waals surface area (Å²) in [6, 6.07) is 9.68. The van der Waals surface area contributed by atoms with Gasteiger partial charge in [0.05, 0.1) is 0 Å². The van der Waals surface area contributed by atoms with Crippen LogP contribution < -0.4 is 16.0 Å². The van der Waals surface area contributed by atoms with Crippen molar-refractivity contribution in [2.24, 2.45) is 4.99 Å². The molecule has 0 aliphatic carbocycles. The number of rotatable bonds is 10. The fourth-order valence-corrected chi connectivity index (χ4v) is 2.44. The number of unbranched alkanes of at least 4 members (excludes halogenated alkanes) is 1. The summed E-state index contributed by atoms with van der Waals surface area (Å²) in [7, 11) is 0. The second-order valence-corrected chi connectivity index (χ2v) is 6.16. The Morgan fingerprint density at radius 1 is 1.08 bits per heavy atom. The van der Waals surface area contributed by atoms with Crippen LogP contribution in [0.5, 0.6) is 0 Å². The maximum absolute atomic E-state index is 5.80. The SMILES string of the molecule is CCNC(=NCCCCNc1ccccn1)NCCc1ccc(Cl)nc1. The van der Waals surface area contributed by atoms with Crippen molar-refractivity contribution in [3.8, 4) is 0 Å². The third kappa shape index (κ3) is 8.16. The van der Waals surface area contributed by atoms with Crippen LogP contribution in [0.15, 0.2) is 47.7 Å². The van der Waals surface area contributed by atoms with E-state index < -0.39 is 0 Å². The summed E-state index contributed by atoms with van der Waals surface area (Å²) in [5.41, 5.74) is 1.15. The molecule has 0 saturated carbocycles. The lowest BCUT2D eigenvalue weighted by Crippen LogP contribution is -2.38. The van der Waals surface area contributed by atoms with Crippen LogP contribution in [0.4, 0.5) is 5.82 Å². The molecule has 0 fully saturated rings. The minimum Gasteiger partial charge on any atom is -0.370 e. The first-order valence-electron chi connectivity index (χ1n) is 9.05. The largest absolute Gasteiger partial charge is 0.370 e. The normalized spacial score (nSPS) is 11.2. The van der Waals surface area contributed by atoms with Crippen molar-refractivity contribution < 1.29 is 0 Å². The molecule has 0 atom stereocenters. The summed E-state index contributed by atoms with van der Waals surface area (Å²) >= 11 is 5.80. The number of aromatic nitrogens is 2. The Balaban J connectivity index is 1.63. The van der Waals surface area contributed by atoms with E-state index in [0.717, 1.165) is 62.8 Å². The molecule has 0 spiro atoms. The number of nitrogens with zero attached hydrogens (tertiary/aromatic N) is 3. The van der Waals surface area contributed by atoms with Crippen LogP contribution in [0.2, 0.25) is 5.15 Å². The second kappa shape index (κ2) is 12.1. The van der Waals surface area contributed by atoms with E-state index in [9.17, 15) is 0 Å². The van der Waals surface area contributed by atoms with Gasteiger partial charge in [-0.2, -0.15) is 0 Å². The lowest BCUT2D eigenvalue weighted by atomic mass is 10.2. The Hall–Kier alpha value is -2.34. The molecule has 0 aliphatic heterocycles. The van der Waals surface area contributed by atoms with Crippen LogP contribution in [0.1, 0.15) is 25.3 Å². The van der Waals surface area contributed by atoms with Gasteiger partial charge in [0.2, 0.25) is 0 Å². The van der Waals surface area contributed by atoms with E-state index in [2.05, 4.69) is 37.8 Å². The van der Waals surface area contributed by atoms with Gasteiger partial charge in [-0.05, 0) is 49.9 Å². The molecule has 0 saturated heterocycles. The van der Waals surface area contributed by atoms with Crippen LogP contribution in [0, 0.1) is 0 Å². The molecule has 0 radical (unpaired) electrons. The lowest BCUT2D eigenvalue weighted by Gasteiger charge is -2.11. The maximum atomic E-state index is 5.80. The van der Waals surface area contributed by atoms with E-state index in [0.29, 0.717) is 5.15 Å². The molecule has 140 valence electrons. The first-order valence-corrected chi connectivity index (χ1v) is 9.43. The average molecular weight is 375 g/mol. The highest BCUT2D eigenvalue weighted by molar-refractivity contribution is 6.29. The zero-order chi connectivity index (χ0) is 18.5. The summed E-state index contributed by atoms with van der Waals surface area (Å²) in [6.45, 7) is 5.41. The van der Waals surface area contributed by atoms with Gasteiger partial charge in [0, 0.05) is 38.6 Å². The number of nitrogens with one attached hydrogen (secondary N) is 3. The van der Waals surface area contributed by atoms with Crippen molar-refractivity contribution in [2.45, 2.75) is 26.2 Å². The molecule has 3 N–H and O–H groups in total. The van der Waals surface area contributed by atoms with Crippen LogP contribution in [-0.2, 0) is 6.42 Å². The highest BCUT2D eigenvalue weighted by Gasteiger charge is 1.99. The smallest absolute Gasteiger partial charge is 0.191 e. The summed E-state index contributed by atoms with van der Waals surface area (Å²) in [4.78, 5) is 13.0. The molecule has 0 aliphatic rings. The maximum Gasteiger partial charge on any atom is 0.191 e. The number of guanidine groups is 1. The first-order chi connectivity index (χ1) is 12.8. The van der Waals surface area contributed by atoms with Crippen molar-refractivity contribution in [2.75, 3.05) is 31.5 Å². The number of anilines is 1. The molecule has 0 unspecified atom stereocenters. The lowest BCUT2D eigenvalue weighted by molar-refractivity contribution is 0.749.